The van der Waals surface area contributed by atoms with Gasteiger partial charge in [0.25, 0.3) is 0 Å². The molecule has 0 aliphatic heterocycles. The van der Waals surface area contributed by atoms with Gasteiger partial charge >= 0.3 is 0 Å². The number of rotatable bonds is 5. The maximum absolute atomic E-state index is 9.22. The molecule has 0 aliphatic carbocycles. The summed E-state index contributed by atoms with van der Waals surface area (Å²) in [6.45, 7) is 1.59. The van der Waals surface area contributed by atoms with Crippen molar-refractivity contribution in [2.45, 2.75) is 18.9 Å². The molecule has 0 fully saturated rings. The maximum atomic E-state index is 9.22. The van der Waals surface area contributed by atoms with Gasteiger partial charge in [-0.05, 0) is 18.6 Å². The van der Waals surface area contributed by atoms with Gasteiger partial charge in [-0.3, -0.25) is 0 Å². The van der Waals surface area contributed by atoms with E-state index in [1.807, 2.05) is 6.92 Å². The summed E-state index contributed by atoms with van der Waals surface area (Å²) in [7, 11) is 0. The molecule has 0 bridgehead atoms. The second kappa shape index (κ2) is 4.95. The zero-order valence-corrected chi connectivity index (χ0v) is 8.77. The molecule has 5 heteroatoms. The van der Waals surface area contributed by atoms with Gasteiger partial charge in [0, 0.05) is 0 Å². The van der Waals surface area contributed by atoms with Crippen LogP contribution in [0.15, 0.2) is 18.3 Å². The van der Waals surface area contributed by atoms with E-state index in [9.17, 15) is 10.2 Å². The first-order chi connectivity index (χ1) is 7.15. The van der Waals surface area contributed by atoms with Gasteiger partial charge in [0.2, 0.25) is 0 Å². The van der Waals surface area contributed by atoms with Crippen molar-refractivity contribution in [1.82, 2.24) is 4.98 Å². The van der Waals surface area contributed by atoms with E-state index in [0.717, 1.165) is 0 Å². The van der Waals surface area contributed by atoms with Gasteiger partial charge in [-0.1, -0.05) is 6.92 Å². The Morgan fingerprint density at radius 1 is 1.40 bits per heavy atom. The van der Waals surface area contributed by atoms with Crippen LogP contribution >= 0.6 is 0 Å². The SMILES string of the molecule is CCC(CO)(CO)Nc1ccc(N)cn1. The second-order valence-electron chi connectivity index (χ2n) is 3.55. The minimum atomic E-state index is -0.719. The fourth-order valence-corrected chi connectivity index (χ4v) is 1.19. The Balaban J connectivity index is 2.78. The van der Waals surface area contributed by atoms with Crippen molar-refractivity contribution < 1.29 is 10.2 Å². The molecule has 5 N–H and O–H groups in total. The monoisotopic (exact) mass is 211 g/mol. The lowest BCUT2D eigenvalue weighted by Crippen LogP contribution is -2.45. The van der Waals surface area contributed by atoms with E-state index in [-0.39, 0.29) is 13.2 Å². The topological polar surface area (TPSA) is 91.4 Å². The highest BCUT2D eigenvalue weighted by molar-refractivity contribution is 5.45. The Bertz CT molecular complexity index is 288. The van der Waals surface area contributed by atoms with Gasteiger partial charge in [-0.2, -0.15) is 0 Å². The Labute approximate surface area is 89.0 Å². The van der Waals surface area contributed by atoms with Gasteiger partial charge in [-0.15, -0.1) is 0 Å². The lowest BCUT2D eigenvalue weighted by molar-refractivity contribution is 0.132. The van der Waals surface area contributed by atoms with Gasteiger partial charge in [0.1, 0.15) is 5.82 Å². The fourth-order valence-electron chi connectivity index (χ4n) is 1.19. The number of nitrogens with one attached hydrogen (secondary N) is 1. The summed E-state index contributed by atoms with van der Waals surface area (Å²) < 4.78 is 0. The van der Waals surface area contributed by atoms with Crippen LogP contribution in [-0.4, -0.2) is 33.9 Å². The molecule has 1 aromatic rings. The van der Waals surface area contributed by atoms with E-state index in [4.69, 9.17) is 5.73 Å². The molecular weight excluding hydrogens is 194 g/mol. The van der Waals surface area contributed by atoms with Crippen molar-refractivity contribution >= 4 is 11.5 Å². The molecule has 1 rings (SSSR count). The van der Waals surface area contributed by atoms with Crippen molar-refractivity contribution in [2.75, 3.05) is 24.3 Å². The summed E-state index contributed by atoms with van der Waals surface area (Å²) in [6.07, 6.45) is 2.13. The van der Waals surface area contributed by atoms with Crippen LogP contribution in [0, 0.1) is 0 Å². The molecule has 0 aliphatic rings. The van der Waals surface area contributed by atoms with E-state index in [2.05, 4.69) is 10.3 Å². The molecule has 0 spiro atoms. The molecule has 0 amide bonds. The fraction of sp³-hybridized carbons (Fsp3) is 0.500. The molecule has 0 saturated carbocycles. The van der Waals surface area contributed by atoms with Crippen molar-refractivity contribution in [3.05, 3.63) is 18.3 Å². The summed E-state index contributed by atoms with van der Waals surface area (Å²) in [4.78, 5) is 4.05. The largest absolute Gasteiger partial charge is 0.397 e. The Kier molecular flexibility index (Phi) is 3.88. The molecule has 1 heterocycles. The van der Waals surface area contributed by atoms with Crippen molar-refractivity contribution in [3.63, 3.8) is 0 Å². The van der Waals surface area contributed by atoms with Gasteiger partial charge in [0.05, 0.1) is 30.6 Å². The van der Waals surface area contributed by atoms with E-state index < -0.39 is 5.54 Å². The smallest absolute Gasteiger partial charge is 0.126 e. The predicted octanol–water partition coefficient (Wildman–Crippen LogP) is 0.209. The van der Waals surface area contributed by atoms with Crippen molar-refractivity contribution in [3.8, 4) is 0 Å². The van der Waals surface area contributed by atoms with Crippen LogP contribution in [0.25, 0.3) is 0 Å². The van der Waals surface area contributed by atoms with Crippen LogP contribution in [-0.2, 0) is 0 Å². The minimum absolute atomic E-state index is 0.147. The highest BCUT2D eigenvalue weighted by Crippen LogP contribution is 2.16. The number of hydrogen-bond acceptors (Lipinski definition) is 5. The average molecular weight is 211 g/mol. The molecule has 84 valence electrons. The van der Waals surface area contributed by atoms with Crippen LogP contribution in [0.5, 0.6) is 0 Å². The lowest BCUT2D eigenvalue weighted by atomic mass is 9.98. The standard InChI is InChI=1S/C10H17N3O2/c1-2-10(6-14,7-15)13-9-4-3-8(11)5-12-9/h3-5,14-15H,2,6-7,11H2,1H3,(H,12,13). The number of anilines is 2. The Morgan fingerprint density at radius 3 is 2.47 bits per heavy atom. The van der Waals surface area contributed by atoms with Crippen LogP contribution in [0.4, 0.5) is 11.5 Å². The van der Waals surface area contributed by atoms with E-state index in [0.29, 0.717) is 17.9 Å². The number of nitrogen functional groups attached to an aromatic ring is 1. The molecule has 0 saturated heterocycles. The molecule has 0 unspecified atom stereocenters. The van der Waals surface area contributed by atoms with E-state index in [1.54, 1.807) is 12.1 Å². The number of nitrogens with zero attached hydrogens (tertiary/aromatic N) is 1. The van der Waals surface area contributed by atoms with Gasteiger partial charge in [-0.25, -0.2) is 4.98 Å². The van der Waals surface area contributed by atoms with Crippen molar-refractivity contribution in [1.29, 1.82) is 0 Å². The summed E-state index contributed by atoms with van der Waals surface area (Å²) in [5, 5.41) is 21.4. The summed E-state index contributed by atoms with van der Waals surface area (Å²) in [6, 6.07) is 3.43. The number of hydrogen-bond donors (Lipinski definition) is 4. The summed E-state index contributed by atoms with van der Waals surface area (Å²) >= 11 is 0. The predicted molar refractivity (Wildman–Crippen MR) is 59.5 cm³/mol. The third-order valence-corrected chi connectivity index (χ3v) is 2.46. The van der Waals surface area contributed by atoms with Crippen LogP contribution in [0.3, 0.4) is 0 Å². The number of aromatic nitrogens is 1. The van der Waals surface area contributed by atoms with Crippen molar-refractivity contribution in [2.24, 2.45) is 0 Å². The Hall–Kier alpha value is -1.33. The average Bonchev–Trinajstić information content (AvgIpc) is 2.29. The lowest BCUT2D eigenvalue weighted by Gasteiger charge is -2.30. The maximum Gasteiger partial charge on any atom is 0.126 e. The number of aliphatic hydroxyl groups excluding tert-OH is 2. The summed E-state index contributed by atoms with van der Waals surface area (Å²) in [5.41, 5.74) is 5.36. The zero-order chi connectivity index (χ0) is 11.3. The van der Waals surface area contributed by atoms with Crippen LogP contribution in [0.1, 0.15) is 13.3 Å². The van der Waals surface area contributed by atoms with Gasteiger partial charge in [0.15, 0.2) is 0 Å². The molecule has 0 radical (unpaired) electrons. The Morgan fingerprint density at radius 2 is 2.07 bits per heavy atom. The van der Waals surface area contributed by atoms with Crippen LogP contribution in [0.2, 0.25) is 0 Å². The van der Waals surface area contributed by atoms with E-state index >= 15 is 0 Å². The first-order valence-electron chi connectivity index (χ1n) is 4.87. The van der Waals surface area contributed by atoms with Gasteiger partial charge < -0.3 is 21.3 Å². The first kappa shape index (κ1) is 11.7. The van der Waals surface area contributed by atoms with E-state index in [1.165, 1.54) is 6.20 Å². The normalized spacial score (nSPS) is 11.4. The minimum Gasteiger partial charge on any atom is -0.397 e. The molecule has 5 nitrogen and oxygen atoms in total. The second-order valence-corrected chi connectivity index (χ2v) is 3.55. The highest BCUT2D eigenvalue weighted by Gasteiger charge is 2.26. The first-order valence-corrected chi connectivity index (χ1v) is 4.87. The molecule has 1 aromatic heterocycles. The number of nitrogens with two attached hydrogens (primary N) is 1. The van der Waals surface area contributed by atoms with Crippen LogP contribution < -0.4 is 11.1 Å². The number of pyridine rings is 1. The third-order valence-electron chi connectivity index (χ3n) is 2.46. The molecular formula is C10H17N3O2. The summed E-state index contributed by atoms with van der Waals surface area (Å²) in [5.74, 6) is 0.592. The molecule has 0 atom stereocenters. The third kappa shape index (κ3) is 2.81. The zero-order valence-electron chi connectivity index (χ0n) is 8.77. The molecule has 0 aromatic carbocycles. The molecule has 15 heavy (non-hydrogen) atoms. The highest BCUT2D eigenvalue weighted by atomic mass is 16.3. The number of aliphatic hydroxyl groups is 2. The quantitative estimate of drug-likeness (QED) is 0.559.